The molecule has 0 unspecified atom stereocenters. The molecule has 130 valence electrons. The maximum absolute atomic E-state index is 14.4. The number of ether oxygens (including phenoxy) is 1. The Balaban J connectivity index is 2.70. The zero-order valence-corrected chi connectivity index (χ0v) is 13.6. The molecule has 0 aliphatic carbocycles. The van der Waals surface area contributed by atoms with E-state index in [9.17, 15) is 22.8 Å². The summed E-state index contributed by atoms with van der Waals surface area (Å²) in [6.07, 6.45) is 0.428. The fraction of sp³-hybridized carbons (Fsp3) is 0.308. The quantitative estimate of drug-likeness (QED) is 0.719. The number of carbonyl (C=O) groups is 1. The first-order chi connectivity index (χ1) is 11.3. The average Bonchev–Trinajstić information content (AvgIpc) is 2.77. The molecule has 2 rings (SSSR count). The van der Waals surface area contributed by atoms with Crippen LogP contribution in [0.15, 0.2) is 10.9 Å². The highest BCUT2D eigenvalue weighted by molar-refractivity contribution is 6.34. The first-order valence-electron chi connectivity index (χ1n) is 6.48. The zero-order chi connectivity index (χ0) is 18.0. The SMILES string of the molecule is Cn1nc(-c2c(F)cc(Cl)c(=O)n2CCC=O)c(Cl)c1OC(F)F. The van der Waals surface area contributed by atoms with E-state index in [0.717, 1.165) is 15.3 Å². The van der Waals surface area contributed by atoms with Crippen LogP contribution in [0.5, 0.6) is 5.88 Å². The summed E-state index contributed by atoms with van der Waals surface area (Å²) in [5.74, 6) is -1.44. The Bertz CT molecular complexity index is 836. The van der Waals surface area contributed by atoms with E-state index in [0.29, 0.717) is 6.29 Å². The summed E-state index contributed by atoms with van der Waals surface area (Å²) >= 11 is 11.6. The maximum Gasteiger partial charge on any atom is 0.388 e. The van der Waals surface area contributed by atoms with Crippen molar-refractivity contribution in [3.05, 3.63) is 32.3 Å². The molecule has 0 N–H and O–H groups in total. The summed E-state index contributed by atoms with van der Waals surface area (Å²) in [6.45, 7) is -3.36. The van der Waals surface area contributed by atoms with Gasteiger partial charge >= 0.3 is 6.61 Å². The lowest BCUT2D eigenvalue weighted by atomic mass is 10.2. The van der Waals surface area contributed by atoms with Gasteiger partial charge in [-0.1, -0.05) is 23.2 Å². The van der Waals surface area contributed by atoms with Gasteiger partial charge in [0.15, 0.2) is 5.82 Å². The van der Waals surface area contributed by atoms with Crippen LogP contribution in [-0.4, -0.2) is 27.2 Å². The molecule has 24 heavy (non-hydrogen) atoms. The molecular formula is C13H10Cl2F3N3O3. The number of aromatic nitrogens is 3. The second kappa shape index (κ2) is 7.27. The van der Waals surface area contributed by atoms with Crippen LogP contribution >= 0.6 is 23.2 Å². The molecule has 0 radical (unpaired) electrons. The third-order valence-corrected chi connectivity index (χ3v) is 3.65. The van der Waals surface area contributed by atoms with Crippen LogP contribution in [0.4, 0.5) is 13.2 Å². The van der Waals surface area contributed by atoms with Crippen molar-refractivity contribution in [1.82, 2.24) is 14.3 Å². The number of rotatable bonds is 6. The summed E-state index contributed by atoms with van der Waals surface area (Å²) in [5, 5.41) is 3.02. The maximum atomic E-state index is 14.4. The third-order valence-electron chi connectivity index (χ3n) is 3.03. The van der Waals surface area contributed by atoms with E-state index >= 15 is 0 Å². The van der Waals surface area contributed by atoms with Crippen LogP contribution in [0.1, 0.15) is 6.42 Å². The number of hydrogen-bond acceptors (Lipinski definition) is 4. The van der Waals surface area contributed by atoms with Gasteiger partial charge in [0.05, 0.1) is 0 Å². The van der Waals surface area contributed by atoms with E-state index < -0.39 is 33.9 Å². The number of hydrogen-bond donors (Lipinski definition) is 0. The highest BCUT2D eigenvalue weighted by Gasteiger charge is 2.25. The van der Waals surface area contributed by atoms with Crippen molar-refractivity contribution in [2.24, 2.45) is 7.05 Å². The summed E-state index contributed by atoms with van der Waals surface area (Å²) in [4.78, 5) is 22.7. The van der Waals surface area contributed by atoms with Crippen molar-refractivity contribution >= 4 is 29.5 Å². The molecule has 11 heteroatoms. The predicted molar refractivity (Wildman–Crippen MR) is 80.2 cm³/mol. The van der Waals surface area contributed by atoms with Crippen LogP contribution < -0.4 is 10.3 Å². The molecule has 0 fully saturated rings. The van der Waals surface area contributed by atoms with Crippen LogP contribution in [0.3, 0.4) is 0 Å². The molecule has 0 atom stereocenters. The van der Waals surface area contributed by atoms with Gasteiger partial charge in [-0.25, -0.2) is 9.07 Å². The Kier molecular flexibility index (Phi) is 5.55. The van der Waals surface area contributed by atoms with Gasteiger partial charge in [-0.2, -0.15) is 13.9 Å². The Morgan fingerprint density at radius 3 is 2.67 bits per heavy atom. The molecule has 6 nitrogen and oxygen atoms in total. The van der Waals surface area contributed by atoms with E-state index in [1.807, 2.05) is 0 Å². The standard InChI is InChI=1S/C13H10Cl2F3N3O3/c1-20-12(24-13(17)18)8(15)9(19-20)10-7(16)5-6(14)11(23)21(10)3-2-4-22/h4-5,13H,2-3H2,1H3. The molecule has 0 spiro atoms. The summed E-state index contributed by atoms with van der Waals surface area (Å²) in [6, 6.07) is 0.759. The van der Waals surface area contributed by atoms with Crippen molar-refractivity contribution in [3.63, 3.8) is 0 Å². The molecule has 0 saturated heterocycles. The Labute approximate surface area is 143 Å². The highest BCUT2D eigenvalue weighted by Crippen LogP contribution is 2.36. The molecule has 2 aromatic rings. The largest absolute Gasteiger partial charge is 0.416 e. The molecule has 0 amide bonds. The third kappa shape index (κ3) is 3.41. The average molecular weight is 384 g/mol. The number of carbonyl (C=O) groups excluding carboxylic acids is 1. The summed E-state index contributed by atoms with van der Waals surface area (Å²) in [5.41, 5.74) is -1.43. The van der Waals surface area contributed by atoms with Crippen molar-refractivity contribution in [3.8, 4) is 17.3 Å². The second-order valence-electron chi connectivity index (χ2n) is 4.57. The van der Waals surface area contributed by atoms with Gasteiger partial charge in [-0.05, 0) is 0 Å². The van der Waals surface area contributed by atoms with Crippen LogP contribution in [-0.2, 0) is 18.4 Å². The topological polar surface area (TPSA) is 66.1 Å². The van der Waals surface area contributed by atoms with Crippen LogP contribution in [0.25, 0.3) is 11.4 Å². The zero-order valence-electron chi connectivity index (χ0n) is 12.1. The van der Waals surface area contributed by atoms with Gasteiger partial charge < -0.3 is 14.1 Å². The van der Waals surface area contributed by atoms with Gasteiger partial charge in [0.1, 0.15) is 27.7 Å². The molecule has 0 aliphatic heterocycles. The number of aldehydes is 1. The molecule has 0 aliphatic rings. The molecule has 2 aromatic heterocycles. The van der Waals surface area contributed by atoms with Crippen molar-refractivity contribution < 1.29 is 22.7 Å². The van der Waals surface area contributed by atoms with Gasteiger partial charge in [0.25, 0.3) is 5.56 Å². The fourth-order valence-corrected chi connectivity index (χ4v) is 2.58. The second-order valence-corrected chi connectivity index (χ2v) is 5.36. The molecule has 0 bridgehead atoms. The number of nitrogens with zero attached hydrogens (tertiary/aromatic N) is 3. The van der Waals surface area contributed by atoms with E-state index in [1.165, 1.54) is 7.05 Å². The van der Waals surface area contributed by atoms with Gasteiger partial charge in [0.2, 0.25) is 5.88 Å². The van der Waals surface area contributed by atoms with Crippen LogP contribution in [0.2, 0.25) is 10.0 Å². The lowest BCUT2D eigenvalue weighted by Gasteiger charge is -2.12. The van der Waals surface area contributed by atoms with Crippen molar-refractivity contribution in [2.45, 2.75) is 19.6 Å². The van der Waals surface area contributed by atoms with Crippen LogP contribution in [0, 0.1) is 5.82 Å². The Morgan fingerprint density at radius 2 is 2.08 bits per heavy atom. The highest BCUT2D eigenvalue weighted by atomic mass is 35.5. The number of alkyl halides is 2. The summed E-state index contributed by atoms with van der Waals surface area (Å²) < 4.78 is 45.2. The van der Waals surface area contributed by atoms with Crippen molar-refractivity contribution in [2.75, 3.05) is 0 Å². The smallest absolute Gasteiger partial charge is 0.388 e. The minimum absolute atomic E-state index is 0.0997. The molecule has 0 aromatic carbocycles. The number of halogens is 5. The molecular weight excluding hydrogens is 374 g/mol. The monoisotopic (exact) mass is 383 g/mol. The molecule has 0 saturated carbocycles. The van der Waals surface area contributed by atoms with Gasteiger partial charge in [0, 0.05) is 26.1 Å². The lowest BCUT2D eigenvalue weighted by Crippen LogP contribution is -2.24. The fourth-order valence-electron chi connectivity index (χ4n) is 2.08. The van der Waals surface area contributed by atoms with E-state index in [1.54, 1.807) is 0 Å². The lowest BCUT2D eigenvalue weighted by molar-refractivity contribution is -0.108. The Hall–Kier alpha value is -2.00. The minimum atomic E-state index is -3.17. The first kappa shape index (κ1) is 18.3. The van der Waals surface area contributed by atoms with E-state index in [-0.39, 0.29) is 24.4 Å². The predicted octanol–water partition coefficient (Wildman–Crippen LogP) is 2.89. The first-order valence-corrected chi connectivity index (χ1v) is 7.23. The number of aryl methyl sites for hydroxylation is 1. The van der Waals surface area contributed by atoms with E-state index in [2.05, 4.69) is 9.84 Å². The molecule has 2 heterocycles. The number of pyridine rings is 1. The van der Waals surface area contributed by atoms with Crippen molar-refractivity contribution in [1.29, 1.82) is 0 Å². The Morgan fingerprint density at radius 1 is 1.42 bits per heavy atom. The minimum Gasteiger partial charge on any atom is -0.416 e. The van der Waals surface area contributed by atoms with E-state index in [4.69, 9.17) is 23.2 Å². The van der Waals surface area contributed by atoms with Gasteiger partial charge in [-0.3, -0.25) is 4.79 Å². The normalized spacial score (nSPS) is 11.1. The van der Waals surface area contributed by atoms with Gasteiger partial charge in [-0.15, -0.1) is 0 Å². The summed E-state index contributed by atoms with van der Waals surface area (Å²) in [7, 11) is 1.26.